The largest absolute Gasteiger partial charge is 0.497 e. The van der Waals surface area contributed by atoms with Crippen LogP contribution in [0, 0.1) is 5.92 Å². The molecule has 1 saturated heterocycles. The summed E-state index contributed by atoms with van der Waals surface area (Å²) in [5, 5.41) is 11.5. The predicted molar refractivity (Wildman–Crippen MR) is 112 cm³/mol. The summed E-state index contributed by atoms with van der Waals surface area (Å²) in [6, 6.07) is 16.6. The first-order chi connectivity index (χ1) is 13.9. The van der Waals surface area contributed by atoms with Crippen LogP contribution < -0.4 is 9.46 Å². The second-order valence-corrected chi connectivity index (χ2v) is 9.34. The van der Waals surface area contributed by atoms with E-state index in [2.05, 4.69) is 4.72 Å². The maximum absolute atomic E-state index is 12.6. The van der Waals surface area contributed by atoms with Crippen LogP contribution >= 0.6 is 0 Å². The van der Waals surface area contributed by atoms with Crippen LogP contribution in [-0.4, -0.2) is 46.1 Å². The molecule has 0 aromatic heterocycles. The van der Waals surface area contributed by atoms with Crippen molar-refractivity contribution >= 4 is 10.0 Å². The first-order valence-electron chi connectivity index (χ1n) is 9.89. The average Bonchev–Trinajstić information content (AvgIpc) is 2.78. The molecule has 0 saturated carbocycles. The van der Waals surface area contributed by atoms with E-state index in [4.69, 9.17) is 9.47 Å². The second kappa shape index (κ2) is 9.71. The molecule has 1 aliphatic heterocycles. The lowest BCUT2D eigenvalue weighted by molar-refractivity contribution is -0.0663. The van der Waals surface area contributed by atoms with E-state index < -0.39 is 15.6 Å². The van der Waals surface area contributed by atoms with E-state index in [0.717, 1.165) is 16.9 Å². The molecular formula is C22H29NO5S. The fourth-order valence-electron chi connectivity index (χ4n) is 3.72. The third-order valence-corrected chi connectivity index (χ3v) is 6.88. The number of rotatable bonds is 9. The highest BCUT2D eigenvalue weighted by molar-refractivity contribution is 7.89. The van der Waals surface area contributed by atoms with Crippen LogP contribution in [0.5, 0.6) is 5.75 Å². The molecule has 0 bridgehead atoms. The zero-order valence-electron chi connectivity index (χ0n) is 16.7. The van der Waals surface area contributed by atoms with Gasteiger partial charge in [-0.2, -0.15) is 0 Å². The van der Waals surface area contributed by atoms with Gasteiger partial charge in [-0.25, -0.2) is 13.1 Å². The lowest BCUT2D eigenvalue weighted by Gasteiger charge is -2.39. The van der Waals surface area contributed by atoms with E-state index >= 15 is 0 Å². The Labute approximate surface area is 172 Å². The summed E-state index contributed by atoms with van der Waals surface area (Å²) in [4.78, 5) is 0. The number of ether oxygens (including phenoxy) is 2. The van der Waals surface area contributed by atoms with Crippen molar-refractivity contribution in [2.24, 2.45) is 5.92 Å². The van der Waals surface area contributed by atoms with E-state index in [1.165, 1.54) is 0 Å². The molecule has 1 unspecified atom stereocenters. The highest BCUT2D eigenvalue weighted by Crippen LogP contribution is 2.35. The summed E-state index contributed by atoms with van der Waals surface area (Å²) in [5.41, 5.74) is 0.377. The van der Waals surface area contributed by atoms with Crippen molar-refractivity contribution in [3.8, 4) is 5.75 Å². The summed E-state index contributed by atoms with van der Waals surface area (Å²) in [6.07, 6.45) is 1.78. The monoisotopic (exact) mass is 419 g/mol. The molecule has 7 heteroatoms. The highest BCUT2D eigenvalue weighted by atomic mass is 32.2. The van der Waals surface area contributed by atoms with Crippen LogP contribution in [0.3, 0.4) is 0 Å². The molecule has 0 radical (unpaired) electrons. The first-order valence-corrected chi connectivity index (χ1v) is 11.5. The van der Waals surface area contributed by atoms with Gasteiger partial charge in [0, 0.05) is 19.8 Å². The van der Waals surface area contributed by atoms with Crippen molar-refractivity contribution in [3.63, 3.8) is 0 Å². The molecule has 0 aliphatic carbocycles. The molecule has 3 rings (SSSR count). The van der Waals surface area contributed by atoms with Gasteiger partial charge >= 0.3 is 0 Å². The van der Waals surface area contributed by atoms with Crippen molar-refractivity contribution in [2.75, 3.05) is 32.6 Å². The summed E-state index contributed by atoms with van der Waals surface area (Å²) in [7, 11) is -1.95. The minimum atomic E-state index is -3.55. The maximum atomic E-state index is 12.6. The Morgan fingerprint density at radius 1 is 1.10 bits per heavy atom. The van der Waals surface area contributed by atoms with Crippen molar-refractivity contribution < 1.29 is 23.0 Å². The van der Waals surface area contributed by atoms with Crippen molar-refractivity contribution in [1.29, 1.82) is 0 Å². The van der Waals surface area contributed by atoms with Crippen LogP contribution in [0.4, 0.5) is 0 Å². The van der Waals surface area contributed by atoms with Crippen molar-refractivity contribution in [2.45, 2.75) is 24.9 Å². The van der Waals surface area contributed by atoms with Gasteiger partial charge in [0.05, 0.1) is 12.9 Å². The highest BCUT2D eigenvalue weighted by Gasteiger charge is 2.40. The molecule has 29 heavy (non-hydrogen) atoms. The van der Waals surface area contributed by atoms with Gasteiger partial charge in [-0.3, -0.25) is 0 Å². The molecule has 2 aromatic rings. The number of aryl methyl sites for hydroxylation is 1. The van der Waals surface area contributed by atoms with E-state index in [-0.39, 0.29) is 18.2 Å². The van der Waals surface area contributed by atoms with Crippen LogP contribution in [0.2, 0.25) is 0 Å². The lowest BCUT2D eigenvalue weighted by Crippen LogP contribution is -2.48. The first kappa shape index (κ1) is 21.8. The standard InChI is InChI=1S/C22H29NO5S/c1-27-21-9-7-18(8-10-21)13-16-29(25,26)23-17-22(24,19-5-3-2-4-6-19)20-11-14-28-15-12-20/h2-10,20,23-24H,11-17H2,1H3. The Kier molecular flexibility index (Phi) is 7.29. The van der Waals surface area contributed by atoms with E-state index in [0.29, 0.717) is 32.5 Å². The summed E-state index contributed by atoms with van der Waals surface area (Å²) < 4.78 is 38.4. The van der Waals surface area contributed by atoms with E-state index in [1.807, 2.05) is 54.6 Å². The normalized spacial score (nSPS) is 17.6. The quantitative estimate of drug-likeness (QED) is 0.652. The number of sulfonamides is 1. The van der Waals surface area contributed by atoms with Gasteiger partial charge in [-0.1, -0.05) is 42.5 Å². The van der Waals surface area contributed by atoms with Gasteiger partial charge in [0.25, 0.3) is 0 Å². The number of hydrogen-bond donors (Lipinski definition) is 2. The van der Waals surface area contributed by atoms with Gasteiger partial charge in [0.1, 0.15) is 11.4 Å². The van der Waals surface area contributed by atoms with Crippen LogP contribution in [0.1, 0.15) is 24.0 Å². The van der Waals surface area contributed by atoms with Crippen LogP contribution in [0.15, 0.2) is 54.6 Å². The van der Waals surface area contributed by atoms with Gasteiger partial charge in [0.15, 0.2) is 0 Å². The Balaban J connectivity index is 1.67. The minimum Gasteiger partial charge on any atom is -0.497 e. The minimum absolute atomic E-state index is 0.0437. The van der Waals surface area contributed by atoms with Gasteiger partial charge < -0.3 is 14.6 Å². The van der Waals surface area contributed by atoms with Crippen LogP contribution in [-0.2, 0) is 26.8 Å². The lowest BCUT2D eigenvalue weighted by atomic mass is 9.77. The molecule has 1 aliphatic rings. The summed E-state index contributed by atoms with van der Waals surface area (Å²) in [6.45, 7) is 1.10. The van der Waals surface area contributed by atoms with Gasteiger partial charge in [-0.05, 0) is 48.4 Å². The van der Waals surface area contributed by atoms with Crippen LogP contribution in [0.25, 0.3) is 0 Å². The van der Waals surface area contributed by atoms with Gasteiger partial charge in [-0.15, -0.1) is 0 Å². The fraction of sp³-hybridized carbons (Fsp3) is 0.455. The Morgan fingerprint density at radius 2 is 1.76 bits per heavy atom. The number of nitrogens with one attached hydrogen (secondary N) is 1. The molecule has 1 atom stereocenters. The fourth-order valence-corrected chi connectivity index (χ4v) is 4.81. The molecule has 2 N–H and O–H groups in total. The zero-order valence-corrected chi connectivity index (χ0v) is 17.5. The molecule has 1 heterocycles. The molecule has 158 valence electrons. The number of aliphatic hydroxyl groups is 1. The Hall–Kier alpha value is -1.93. The van der Waals surface area contributed by atoms with Crippen molar-refractivity contribution in [1.82, 2.24) is 4.72 Å². The maximum Gasteiger partial charge on any atom is 0.212 e. The summed E-state index contributed by atoms with van der Waals surface area (Å²) in [5.74, 6) is 0.625. The number of benzene rings is 2. The zero-order chi connectivity index (χ0) is 20.7. The SMILES string of the molecule is COc1ccc(CCS(=O)(=O)NCC(O)(c2ccccc2)C2CCOCC2)cc1. The Bertz CT molecular complexity index is 864. The number of methoxy groups -OCH3 is 1. The average molecular weight is 420 g/mol. The molecule has 2 aromatic carbocycles. The smallest absolute Gasteiger partial charge is 0.212 e. The van der Waals surface area contributed by atoms with E-state index in [9.17, 15) is 13.5 Å². The third-order valence-electron chi connectivity index (χ3n) is 5.55. The van der Waals surface area contributed by atoms with Gasteiger partial charge in [0.2, 0.25) is 10.0 Å². The molecule has 0 amide bonds. The summed E-state index contributed by atoms with van der Waals surface area (Å²) >= 11 is 0. The molecular weight excluding hydrogens is 390 g/mol. The molecule has 6 nitrogen and oxygen atoms in total. The third kappa shape index (κ3) is 5.79. The second-order valence-electron chi connectivity index (χ2n) is 7.41. The topological polar surface area (TPSA) is 84.9 Å². The Morgan fingerprint density at radius 3 is 2.38 bits per heavy atom. The van der Waals surface area contributed by atoms with E-state index in [1.54, 1.807) is 7.11 Å². The van der Waals surface area contributed by atoms with Crippen molar-refractivity contribution in [3.05, 3.63) is 65.7 Å². The number of hydrogen-bond acceptors (Lipinski definition) is 5. The molecule has 1 fully saturated rings. The molecule has 0 spiro atoms. The predicted octanol–water partition coefficient (Wildman–Crippen LogP) is 2.47.